The summed E-state index contributed by atoms with van der Waals surface area (Å²) in [6.45, 7) is 3.00. The molecule has 2 aliphatic rings. The first-order valence-corrected chi connectivity index (χ1v) is 13.7. The minimum atomic E-state index is -6.09. The molecule has 18 heteroatoms. The van der Waals surface area contributed by atoms with Gasteiger partial charge in [-0.05, 0) is 45.6 Å². The van der Waals surface area contributed by atoms with Crippen LogP contribution in [0.2, 0.25) is 0 Å². The molecular weight excluding hydrogens is 612 g/mol. The summed E-state index contributed by atoms with van der Waals surface area (Å²) in [5, 5.41) is 20.5. The van der Waals surface area contributed by atoms with Gasteiger partial charge in [0.2, 0.25) is 5.82 Å². The number of Topliss-reactive ketones (excluding diaryl/α,β-unsaturated/α-hetero) is 1. The zero-order valence-corrected chi connectivity index (χ0v) is 23.6. The van der Waals surface area contributed by atoms with Crippen LogP contribution in [-0.2, 0) is 5.60 Å². The average Bonchev–Trinajstić information content (AvgIpc) is 3.66. The number of aromatic amines is 1. The lowest BCUT2D eigenvalue weighted by atomic mass is 9.85. The summed E-state index contributed by atoms with van der Waals surface area (Å²) in [6.07, 6.45) is -7.89. The van der Waals surface area contributed by atoms with Crippen LogP contribution < -0.4 is 5.73 Å². The third-order valence-electron chi connectivity index (χ3n) is 8.47. The molecule has 0 unspecified atom stereocenters. The van der Waals surface area contributed by atoms with Crippen molar-refractivity contribution in [2.45, 2.75) is 75.5 Å². The topological polar surface area (TPSA) is 168 Å². The van der Waals surface area contributed by atoms with Crippen LogP contribution in [0.15, 0.2) is 24.5 Å². The van der Waals surface area contributed by atoms with Crippen LogP contribution in [0.1, 0.15) is 76.7 Å². The summed E-state index contributed by atoms with van der Waals surface area (Å²) >= 11 is 0. The smallest absolute Gasteiger partial charge is 0.383 e. The fraction of sp³-hybridized carbons (Fsp3) is 0.444. The Morgan fingerprint density at radius 1 is 1.02 bits per heavy atom. The largest absolute Gasteiger partial charge is 0.432 e. The zero-order chi connectivity index (χ0) is 32.6. The van der Waals surface area contributed by atoms with E-state index >= 15 is 0 Å². The zero-order valence-electron chi connectivity index (χ0n) is 23.6. The molecule has 2 bridgehead atoms. The van der Waals surface area contributed by atoms with Crippen LogP contribution in [0, 0.1) is 6.92 Å². The molecule has 4 aromatic rings. The number of carbonyl (C=O) groups excluding carboxylic acids is 2. The van der Waals surface area contributed by atoms with Crippen LogP contribution in [0.4, 0.5) is 32.2 Å². The summed E-state index contributed by atoms with van der Waals surface area (Å²) in [4.78, 5) is 40.0. The van der Waals surface area contributed by atoms with E-state index in [9.17, 15) is 41.0 Å². The monoisotopic (exact) mass is 637 g/mol. The lowest BCUT2D eigenvalue weighted by Gasteiger charge is -2.38. The standard InChI is InChI=1S/C27H25F6N9O3/c1-11(43)19-20(14-7-15-4-5-16(8-14)41(15)24(44)22-37-12(2)39-40-22)38-23-17(10-36-42(23)21(19)34)13-3-6-18(35-9-13)25(45,26(28,29)30)27(31,32)33/h3,6,9-10,14-16,45H,4-5,7-8,34H2,1-2H3,(H,37,39,40)/t15-,16-/m1/s1. The van der Waals surface area contributed by atoms with Crippen LogP contribution in [0.3, 0.4) is 0 Å². The van der Waals surface area contributed by atoms with Gasteiger partial charge in [-0.1, -0.05) is 6.07 Å². The Hall–Kier alpha value is -4.61. The van der Waals surface area contributed by atoms with E-state index in [1.54, 1.807) is 11.8 Å². The number of aliphatic hydroxyl groups is 1. The molecule has 0 aromatic carbocycles. The van der Waals surface area contributed by atoms with Crippen LogP contribution in [0.25, 0.3) is 16.8 Å². The summed E-state index contributed by atoms with van der Waals surface area (Å²) in [6, 6.07) is 0.962. The van der Waals surface area contributed by atoms with Gasteiger partial charge in [0.05, 0.1) is 23.1 Å². The number of H-pyrrole nitrogens is 1. The molecule has 0 radical (unpaired) electrons. The van der Waals surface area contributed by atoms with Gasteiger partial charge in [-0.15, -0.1) is 5.10 Å². The Morgan fingerprint density at radius 3 is 2.18 bits per heavy atom. The highest BCUT2D eigenvalue weighted by atomic mass is 19.4. The molecule has 4 aromatic heterocycles. The van der Waals surface area contributed by atoms with Gasteiger partial charge >= 0.3 is 12.4 Å². The highest BCUT2D eigenvalue weighted by molar-refractivity contribution is 6.00. The lowest BCUT2D eigenvalue weighted by molar-refractivity contribution is -0.377. The minimum absolute atomic E-state index is 0.0381. The second-order valence-corrected chi connectivity index (χ2v) is 11.3. The predicted molar refractivity (Wildman–Crippen MR) is 143 cm³/mol. The number of hydrogen-bond acceptors (Lipinski definition) is 9. The Balaban J connectivity index is 1.38. The van der Waals surface area contributed by atoms with Gasteiger partial charge in [0.15, 0.2) is 11.4 Å². The fourth-order valence-electron chi connectivity index (χ4n) is 6.40. The number of nitrogens with zero attached hydrogens (tertiary/aromatic N) is 7. The number of aromatic nitrogens is 7. The molecule has 2 saturated heterocycles. The number of piperidine rings is 1. The van der Waals surface area contributed by atoms with E-state index in [1.807, 2.05) is 0 Å². The van der Waals surface area contributed by atoms with Crippen molar-refractivity contribution < 1.29 is 41.0 Å². The Morgan fingerprint density at radius 2 is 1.67 bits per heavy atom. The summed E-state index contributed by atoms with van der Waals surface area (Å²) in [7, 11) is 0. The van der Waals surface area contributed by atoms with Crippen molar-refractivity contribution in [2.24, 2.45) is 0 Å². The second-order valence-electron chi connectivity index (χ2n) is 11.3. The Kier molecular flexibility index (Phi) is 6.90. The first kappa shape index (κ1) is 30.4. The number of carbonyl (C=O) groups is 2. The number of amides is 1. The molecular formula is C27H25F6N9O3. The maximum atomic E-state index is 13.3. The predicted octanol–water partition coefficient (Wildman–Crippen LogP) is 3.87. The second kappa shape index (κ2) is 10.2. The van der Waals surface area contributed by atoms with Gasteiger partial charge in [0, 0.05) is 35.3 Å². The molecule has 6 rings (SSSR count). The Bertz CT molecular complexity index is 1790. The molecule has 0 saturated carbocycles. The van der Waals surface area contributed by atoms with Crippen molar-refractivity contribution in [3.05, 3.63) is 53.1 Å². The maximum Gasteiger partial charge on any atom is 0.432 e. The number of alkyl halides is 6. The number of nitrogen functional groups attached to an aromatic ring is 1. The third kappa shape index (κ3) is 4.69. The SMILES string of the molecule is CC(=O)c1c(C2C[C@H]3CC[C@H](C2)N3C(=O)c2n[nH]c(C)n2)nc2c(-c3ccc(C(O)(C(F)(F)F)C(F)(F)F)nc3)cnn2c1N. The van der Waals surface area contributed by atoms with Gasteiger partial charge in [-0.25, -0.2) is 9.97 Å². The van der Waals surface area contributed by atoms with Crippen LogP contribution in [0.5, 0.6) is 0 Å². The molecule has 0 aliphatic carbocycles. The van der Waals surface area contributed by atoms with Crippen molar-refractivity contribution in [1.29, 1.82) is 0 Å². The fourth-order valence-corrected chi connectivity index (χ4v) is 6.40. The van der Waals surface area contributed by atoms with Crippen LogP contribution in [-0.4, -0.2) is 80.9 Å². The van der Waals surface area contributed by atoms with E-state index in [0.717, 1.165) is 16.8 Å². The molecule has 2 fully saturated rings. The van der Waals surface area contributed by atoms with Gasteiger partial charge < -0.3 is 15.7 Å². The molecule has 0 spiro atoms. The molecule has 2 aliphatic heterocycles. The van der Waals surface area contributed by atoms with Gasteiger partial charge in [0.1, 0.15) is 11.6 Å². The third-order valence-corrected chi connectivity index (χ3v) is 8.47. The molecule has 45 heavy (non-hydrogen) atoms. The lowest BCUT2D eigenvalue weighted by Crippen LogP contribution is -2.54. The highest BCUT2D eigenvalue weighted by Crippen LogP contribution is 2.50. The van der Waals surface area contributed by atoms with Gasteiger partial charge in [-0.2, -0.15) is 36.0 Å². The first-order chi connectivity index (χ1) is 21.0. The number of nitrogens with one attached hydrogen (secondary N) is 1. The molecule has 4 N–H and O–H groups in total. The number of anilines is 1. The molecule has 12 nitrogen and oxygen atoms in total. The Labute approximate surface area is 249 Å². The average molecular weight is 638 g/mol. The normalized spacial score (nSPS) is 20.6. The van der Waals surface area contributed by atoms with Gasteiger partial charge in [0.25, 0.3) is 11.5 Å². The minimum Gasteiger partial charge on any atom is -0.383 e. The number of hydrogen-bond donors (Lipinski definition) is 3. The summed E-state index contributed by atoms with van der Waals surface area (Å²) in [5.41, 5.74) is 0.305. The number of pyridine rings is 1. The van der Waals surface area contributed by atoms with Crippen molar-refractivity contribution in [3.63, 3.8) is 0 Å². The highest BCUT2D eigenvalue weighted by Gasteiger charge is 2.72. The van der Waals surface area contributed by atoms with Crippen molar-refractivity contribution in [2.75, 3.05) is 5.73 Å². The molecule has 238 valence electrons. The van der Waals surface area contributed by atoms with Crippen molar-refractivity contribution in [3.8, 4) is 11.1 Å². The molecule has 1 amide bonds. The number of rotatable bonds is 5. The van der Waals surface area contributed by atoms with E-state index in [4.69, 9.17) is 10.7 Å². The van der Waals surface area contributed by atoms with E-state index in [1.165, 1.54) is 13.1 Å². The van der Waals surface area contributed by atoms with E-state index in [-0.39, 0.29) is 63.7 Å². The number of ketones is 1. The van der Waals surface area contributed by atoms with Gasteiger partial charge in [-0.3, -0.25) is 19.7 Å². The van der Waals surface area contributed by atoms with E-state index < -0.39 is 23.6 Å². The van der Waals surface area contributed by atoms with E-state index in [2.05, 4.69) is 25.3 Å². The van der Waals surface area contributed by atoms with Crippen molar-refractivity contribution in [1.82, 2.24) is 39.7 Å². The quantitative estimate of drug-likeness (QED) is 0.217. The molecule has 2 atom stereocenters. The van der Waals surface area contributed by atoms with Crippen LogP contribution >= 0.6 is 0 Å². The first-order valence-electron chi connectivity index (χ1n) is 13.7. The van der Waals surface area contributed by atoms with Crippen molar-refractivity contribution >= 4 is 23.2 Å². The maximum absolute atomic E-state index is 13.3. The van der Waals surface area contributed by atoms with E-state index in [0.29, 0.717) is 43.3 Å². The number of aryl methyl sites for hydroxylation is 1. The number of nitrogens with two attached hydrogens (primary N) is 1. The number of fused-ring (bicyclic) bond motifs is 3. The summed E-state index contributed by atoms with van der Waals surface area (Å²) in [5.74, 6) is -0.508. The molecule has 6 heterocycles. The number of halogens is 6. The summed E-state index contributed by atoms with van der Waals surface area (Å²) < 4.78 is 81.2.